The molecule has 1 aliphatic carbocycles. The van der Waals surface area contributed by atoms with Crippen LogP contribution in [0.5, 0.6) is 5.75 Å². The highest BCUT2D eigenvalue weighted by Gasteiger charge is 2.40. The molecule has 1 saturated carbocycles. The summed E-state index contributed by atoms with van der Waals surface area (Å²) in [4.78, 5) is 91.1. The minimum Gasteiger partial charge on any atom is -0.494 e. The number of methoxy groups -OCH3 is 1. The van der Waals surface area contributed by atoms with E-state index < -0.39 is 11.9 Å². The highest BCUT2D eigenvalue weighted by Crippen LogP contribution is 2.34. The number of benzene rings is 2. The van der Waals surface area contributed by atoms with Crippen LogP contribution in [0.1, 0.15) is 104 Å². The number of anilines is 3. The van der Waals surface area contributed by atoms with Crippen molar-refractivity contribution in [1.82, 2.24) is 35.0 Å². The average molecular weight is 856 g/mol. The molecule has 1 unspecified atom stereocenters. The fourth-order valence-electron chi connectivity index (χ4n) is 9.17. The van der Waals surface area contributed by atoms with E-state index in [4.69, 9.17) is 9.72 Å². The first-order chi connectivity index (χ1) is 30.5. The molecule has 0 bridgehead atoms. The van der Waals surface area contributed by atoms with Gasteiger partial charge in [0.15, 0.2) is 0 Å². The van der Waals surface area contributed by atoms with Gasteiger partial charge in [-0.15, -0.1) is 0 Å². The normalized spacial score (nSPS) is 19.9. The number of aryl methyl sites for hydroxylation is 1. The van der Waals surface area contributed by atoms with Crippen LogP contribution in [0.3, 0.4) is 0 Å². The third kappa shape index (κ3) is 9.23. The molecular formula is C47H53N9O7. The molecule has 63 heavy (non-hydrogen) atoms. The summed E-state index contributed by atoms with van der Waals surface area (Å²) in [5, 5.41) is 9.54. The number of unbranched alkanes of at least 4 members (excludes halogenated alkanes) is 1. The molecule has 0 spiro atoms. The first kappa shape index (κ1) is 42.9. The molecule has 16 nitrogen and oxygen atoms in total. The zero-order chi connectivity index (χ0) is 44.2. The molecule has 4 aliphatic rings. The van der Waals surface area contributed by atoms with Crippen molar-refractivity contribution in [2.24, 2.45) is 0 Å². The quantitative estimate of drug-likeness (QED) is 0.110. The highest BCUT2D eigenvalue weighted by atomic mass is 16.5. The number of amides is 5. The SMILES string of the molecule is CCC(=O)NC1CCC(n2c(=O)cc(C)c3cnc(Nc4ccc(N5CCN(C(=O)CCCC#Cc6cccc7c6C(=O)N(C6CCC(=O)NC6=O)C7)CC5)cc4OC)nc32)CC1. The molecule has 5 heterocycles. The van der Waals surface area contributed by atoms with Crippen LogP contribution in [-0.2, 0) is 25.7 Å². The molecule has 8 rings (SSSR count). The topological polar surface area (TPSA) is 188 Å². The van der Waals surface area contributed by atoms with Gasteiger partial charge in [-0.05, 0) is 74.8 Å². The van der Waals surface area contributed by atoms with Crippen molar-refractivity contribution in [3.05, 3.63) is 81.3 Å². The number of ether oxygens (including phenoxy) is 1. The summed E-state index contributed by atoms with van der Waals surface area (Å²) < 4.78 is 7.59. The predicted molar refractivity (Wildman–Crippen MR) is 237 cm³/mol. The molecule has 3 fully saturated rings. The second-order valence-electron chi connectivity index (χ2n) is 16.7. The summed E-state index contributed by atoms with van der Waals surface area (Å²) in [7, 11) is 1.61. The van der Waals surface area contributed by atoms with Crippen LogP contribution >= 0.6 is 0 Å². The highest BCUT2D eigenvalue weighted by molar-refractivity contribution is 6.06. The Balaban J connectivity index is 0.842. The standard InChI is InChI=1S/C47H53N9O7/c1-4-39(57)49-32-13-15-33(16-14-32)56-42(60)25-29(2)35-27-48-47(52-44(35)56)50-36-18-17-34(26-38(36)63-3)53-21-23-54(24-22-53)41(59)12-7-5-6-9-30-10-8-11-31-28-55(46(62)43(30)31)37-19-20-40(58)51-45(37)61/h8,10-11,17-18,25-27,32-33,37H,4-5,7,12-16,19-24,28H2,1-3H3,(H,49,57)(H,48,50,52)(H,51,58,61). The predicted octanol–water partition coefficient (Wildman–Crippen LogP) is 4.49. The van der Waals surface area contributed by atoms with Crippen LogP contribution in [0.15, 0.2) is 53.5 Å². The van der Waals surface area contributed by atoms with Crippen LogP contribution in [-0.4, -0.2) is 99.2 Å². The van der Waals surface area contributed by atoms with E-state index in [1.165, 1.54) is 4.90 Å². The maximum Gasteiger partial charge on any atom is 0.256 e. The second kappa shape index (κ2) is 18.7. The Morgan fingerprint density at radius 2 is 1.78 bits per heavy atom. The lowest BCUT2D eigenvalue weighted by Crippen LogP contribution is -2.52. The maximum absolute atomic E-state index is 13.4. The minimum atomic E-state index is -0.681. The van der Waals surface area contributed by atoms with Gasteiger partial charge >= 0.3 is 0 Å². The molecule has 0 radical (unpaired) electrons. The molecule has 1 atom stereocenters. The van der Waals surface area contributed by atoms with E-state index in [1.54, 1.807) is 30.0 Å². The Bertz CT molecular complexity index is 2580. The summed E-state index contributed by atoms with van der Waals surface area (Å²) in [6.07, 6.45) is 7.24. The van der Waals surface area contributed by atoms with Crippen molar-refractivity contribution in [2.45, 2.75) is 103 Å². The Hall–Kier alpha value is -6.76. The molecular weight excluding hydrogens is 803 g/mol. The monoisotopic (exact) mass is 855 g/mol. The lowest BCUT2D eigenvalue weighted by Gasteiger charge is -2.36. The number of hydrogen-bond donors (Lipinski definition) is 3. The number of imide groups is 1. The smallest absolute Gasteiger partial charge is 0.256 e. The van der Waals surface area contributed by atoms with Crippen molar-refractivity contribution in [3.63, 3.8) is 0 Å². The second-order valence-corrected chi connectivity index (χ2v) is 16.7. The van der Waals surface area contributed by atoms with Crippen molar-refractivity contribution in [1.29, 1.82) is 0 Å². The molecule has 3 aliphatic heterocycles. The van der Waals surface area contributed by atoms with E-state index >= 15 is 0 Å². The van der Waals surface area contributed by atoms with E-state index in [9.17, 15) is 28.8 Å². The fraction of sp³-hybridized carbons (Fsp3) is 0.447. The van der Waals surface area contributed by atoms with Crippen molar-refractivity contribution >= 4 is 57.9 Å². The number of rotatable bonds is 11. The number of carbonyl (C=O) groups is 5. The molecule has 5 amide bonds. The zero-order valence-corrected chi connectivity index (χ0v) is 36.0. The minimum absolute atomic E-state index is 0.0402. The van der Waals surface area contributed by atoms with Crippen LogP contribution in [0.2, 0.25) is 0 Å². The summed E-state index contributed by atoms with van der Waals surface area (Å²) >= 11 is 0. The van der Waals surface area contributed by atoms with Gasteiger partial charge in [-0.25, -0.2) is 4.98 Å². The average Bonchev–Trinajstić information content (AvgIpc) is 3.62. The lowest BCUT2D eigenvalue weighted by atomic mass is 9.90. The summed E-state index contributed by atoms with van der Waals surface area (Å²) in [5.74, 6) is 6.31. The van der Waals surface area contributed by atoms with E-state index in [0.29, 0.717) is 99.0 Å². The number of pyridine rings is 1. The van der Waals surface area contributed by atoms with Gasteiger partial charge in [0.05, 0.1) is 18.4 Å². The van der Waals surface area contributed by atoms with Crippen molar-refractivity contribution in [2.75, 3.05) is 43.5 Å². The third-order valence-corrected chi connectivity index (χ3v) is 12.6. The van der Waals surface area contributed by atoms with Crippen LogP contribution in [0, 0.1) is 18.8 Å². The van der Waals surface area contributed by atoms with Gasteiger partial charge in [0.2, 0.25) is 29.6 Å². The molecule has 2 aromatic carbocycles. The molecule has 2 saturated heterocycles. The Labute approximate surface area is 365 Å². The number of piperidine rings is 1. The maximum atomic E-state index is 13.4. The molecule has 3 N–H and O–H groups in total. The van der Waals surface area contributed by atoms with E-state index in [2.05, 4.69) is 37.7 Å². The van der Waals surface area contributed by atoms with Gasteiger partial charge in [-0.2, -0.15) is 4.98 Å². The van der Waals surface area contributed by atoms with Gasteiger partial charge in [-0.3, -0.25) is 38.7 Å². The Morgan fingerprint density at radius 1 is 0.984 bits per heavy atom. The van der Waals surface area contributed by atoms with E-state index in [1.807, 2.05) is 49.1 Å². The van der Waals surface area contributed by atoms with E-state index in [-0.39, 0.29) is 47.7 Å². The first-order valence-corrected chi connectivity index (χ1v) is 21.9. The summed E-state index contributed by atoms with van der Waals surface area (Å²) in [6, 6.07) is 12.4. The van der Waals surface area contributed by atoms with Crippen LogP contribution in [0.25, 0.3) is 11.0 Å². The lowest BCUT2D eigenvalue weighted by molar-refractivity contribution is -0.137. The first-order valence-electron chi connectivity index (χ1n) is 21.9. The Morgan fingerprint density at radius 3 is 2.52 bits per heavy atom. The number of carbonyl (C=O) groups excluding carboxylic acids is 5. The van der Waals surface area contributed by atoms with Gasteiger partial charge in [-0.1, -0.05) is 30.9 Å². The van der Waals surface area contributed by atoms with Gasteiger partial charge in [0, 0.05) is 105 Å². The summed E-state index contributed by atoms with van der Waals surface area (Å²) in [6.45, 7) is 6.50. The molecule has 16 heteroatoms. The largest absolute Gasteiger partial charge is 0.494 e. The third-order valence-electron chi connectivity index (χ3n) is 12.6. The van der Waals surface area contributed by atoms with Gasteiger partial charge < -0.3 is 30.1 Å². The molecule has 2 aromatic heterocycles. The number of nitrogens with one attached hydrogen (secondary N) is 3. The zero-order valence-electron chi connectivity index (χ0n) is 36.0. The fourth-order valence-corrected chi connectivity index (χ4v) is 9.17. The van der Waals surface area contributed by atoms with Gasteiger partial charge in [0.1, 0.15) is 17.4 Å². The number of piperazine rings is 1. The molecule has 328 valence electrons. The number of aromatic nitrogens is 3. The Kier molecular flexibility index (Phi) is 12.7. The van der Waals surface area contributed by atoms with Gasteiger partial charge in [0.25, 0.3) is 11.5 Å². The van der Waals surface area contributed by atoms with Crippen LogP contribution < -0.4 is 31.1 Å². The number of nitrogens with zero attached hydrogens (tertiary/aromatic N) is 6. The number of fused-ring (bicyclic) bond motifs is 2. The van der Waals surface area contributed by atoms with E-state index in [0.717, 1.165) is 47.9 Å². The molecule has 4 aromatic rings. The number of hydrogen-bond acceptors (Lipinski definition) is 11. The van der Waals surface area contributed by atoms with Crippen molar-refractivity contribution in [3.8, 4) is 17.6 Å². The van der Waals surface area contributed by atoms with Crippen LogP contribution in [0.4, 0.5) is 17.3 Å². The van der Waals surface area contributed by atoms with Crippen molar-refractivity contribution < 1.29 is 28.7 Å². The summed E-state index contributed by atoms with van der Waals surface area (Å²) in [5.41, 5.74) is 4.82.